The smallest absolute Gasteiger partial charge is 0.313 e. The Morgan fingerprint density at radius 3 is 2.57 bits per heavy atom. The standard InChI is InChI=1S/C10H19NO3/c1-3-14-9(12)10(8(2)11)4-6-13-7-5-10/h8H,3-7,11H2,1-2H3. The Hall–Kier alpha value is -0.610. The molecule has 1 aliphatic rings. The molecule has 0 aliphatic carbocycles. The minimum Gasteiger partial charge on any atom is -0.466 e. The van der Waals surface area contributed by atoms with Gasteiger partial charge in [-0.05, 0) is 26.7 Å². The third-order valence-electron chi connectivity index (χ3n) is 2.94. The van der Waals surface area contributed by atoms with Gasteiger partial charge in [0.1, 0.15) is 0 Å². The van der Waals surface area contributed by atoms with Crippen molar-refractivity contribution in [3.8, 4) is 0 Å². The van der Waals surface area contributed by atoms with Crippen LogP contribution in [-0.2, 0) is 14.3 Å². The lowest BCUT2D eigenvalue weighted by Gasteiger charge is -2.37. The molecule has 0 aromatic heterocycles. The van der Waals surface area contributed by atoms with E-state index >= 15 is 0 Å². The van der Waals surface area contributed by atoms with E-state index in [2.05, 4.69) is 0 Å². The fourth-order valence-corrected chi connectivity index (χ4v) is 1.86. The van der Waals surface area contributed by atoms with Crippen LogP contribution in [0, 0.1) is 5.41 Å². The van der Waals surface area contributed by atoms with Crippen LogP contribution in [0.2, 0.25) is 0 Å². The van der Waals surface area contributed by atoms with Gasteiger partial charge in [-0.2, -0.15) is 0 Å². The number of carbonyl (C=O) groups excluding carboxylic acids is 1. The number of carbonyl (C=O) groups is 1. The first-order chi connectivity index (χ1) is 6.63. The number of ether oxygens (including phenoxy) is 2. The highest BCUT2D eigenvalue weighted by atomic mass is 16.5. The zero-order chi connectivity index (χ0) is 10.6. The lowest BCUT2D eigenvalue weighted by Crippen LogP contribution is -2.50. The van der Waals surface area contributed by atoms with Gasteiger partial charge in [0.05, 0.1) is 12.0 Å². The Labute approximate surface area is 84.7 Å². The number of rotatable bonds is 3. The maximum absolute atomic E-state index is 11.8. The van der Waals surface area contributed by atoms with Crippen molar-refractivity contribution in [2.75, 3.05) is 19.8 Å². The second kappa shape index (κ2) is 4.75. The molecular weight excluding hydrogens is 182 g/mol. The fourth-order valence-electron chi connectivity index (χ4n) is 1.86. The summed E-state index contributed by atoms with van der Waals surface area (Å²) in [5, 5.41) is 0. The van der Waals surface area contributed by atoms with Gasteiger partial charge in [0, 0.05) is 19.3 Å². The maximum atomic E-state index is 11.8. The molecule has 82 valence electrons. The van der Waals surface area contributed by atoms with Crippen molar-refractivity contribution in [3.63, 3.8) is 0 Å². The van der Waals surface area contributed by atoms with E-state index < -0.39 is 5.41 Å². The van der Waals surface area contributed by atoms with E-state index in [9.17, 15) is 4.79 Å². The molecule has 1 fully saturated rings. The molecule has 0 radical (unpaired) electrons. The summed E-state index contributed by atoms with van der Waals surface area (Å²) in [5.74, 6) is -0.168. The molecule has 14 heavy (non-hydrogen) atoms. The van der Waals surface area contributed by atoms with Gasteiger partial charge in [0.25, 0.3) is 0 Å². The van der Waals surface area contributed by atoms with Gasteiger partial charge in [-0.15, -0.1) is 0 Å². The Morgan fingerprint density at radius 2 is 2.14 bits per heavy atom. The second-order valence-corrected chi connectivity index (χ2v) is 3.78. The Bertz CT molecular complexity index is 198. The normalized spacial score (nSPS) is 22.8. The van der Waals surface area contributed by atoms with Crippen LogP contribution in [0.1, 0.15) is 26.7 Å². The second-order valence-electron chi connectivity index (χ2n) is 3.78. The van der Waals surface area contributed by atoms with Crippen LogP contribution in [0.4, 0.5) is 0 Å². The fraction of sp³-hybridized carbons (Fsp3) is 0.900. The van der Waals surface area contributed by atoms with Crippen molar-refractivity contribution < 1.29 is 14.3 Å². The number of esters is 1. The van der Waals surface area contributed by atoms with Crippen LogP contribution in [0.15, 0.2) is 0 Å². The van der Waals surface area contributed by atoms with Gasteiger partial charge in [0.15, 0.2) is 0 Å². The summed E-state index contributed by atoms with van der Waals surface area (Å²) in [6, 6.07) is -0.176. The first-order valence-corrected chi connectivity index (χ1v) is 5.14. The summed E-state index contributed by atoms with van der Waals surface area (Å²) in [5.41, 5.74) is 5.36. The topological polar surface area (TPSA) is 61.5 Å². The van der Waals surface area contributed by atoms with E-state index in [4.69, 9.17) is 15.2 Å². The van der Waals surface area contributed by atoms with E-state index in [0.29, 0.717) is 32.7 Å². The van der Waals surface area contributed by atoms with E-state index in [1.54, 1.807) is 0 Å². The molecule has 1 unspecified atom stereocenters. The Kier molecular flexibility index (Phi) is 3.89. The predicted octanol–water partition coefficient (Wildman–Crippen LogP) is 0.693. The van der Waals surface area contributed by atoms with E-state index in [1.807, 2.05) is 13.8 Å². The third kappa shape index (κ3) is 2.07. The minimum atomic E-state index is -0.520. The van der Waals surface area contributed by atoms with Gasteiger partial charge in [-0.1, -0.05) is 0 Å². The van der Waals surface area contributed by atoms with Crippen molar-refractivity contribution in [3.05, 3.63) is 0 Å². The molecule has 4 nitrogen and oxygen atoms in total. The molecule has 0 aromatic carbocycles. The molecule has 4 heteroatoms. The summed E-state index contributed by atoms with van der Waals surface area (Å²) in [6.45, 7) is 5.28. The van der Waals surface area contributed by atoms with Gasteiger partial charge >= 0.3 is 5.97 Å². The van der Waals surface area contributed by atoms with Crippen LogP contribution in [0.5, 0.6) is 0 Å². The Balaban J connectivity index is 2.74. The van der Waals surface area contributed by atoms with Crippen LogP contribution in [0.25, 0.3) is 0 Å². The van der Waals surface area contributed by atoms with E-state index in [0.717, 1.165) is 0 Å². The van der Waals surface area contributed by atoms with Crippen LogP contribution in [0.3, 0.4) is 0 Å². The molecule has 1 saturated heterocycles. The number of hydrogen-bond donors (Lipinski definition) is 1. The molecule has 1 atom stereocenters. The monoisotopic (exact) mass is 201 g/mol. The van der Waals surface area contributed by atoms with Gasteiger partial charge < -0.3 is 15.2 Å². The quantitative estimate of drug-likeness (QED) is 0.682. The van der Waals surface area contributed by atoms with Crippen LogP contribution >= 0.6 is 0 Å². The highest BCUT2D eigenvalue weighted by Crippen LogP contribution is 2.34. The first-order valence-electron chi connectivity index (χ1n) is 5.14. The summed E-state index contributed by atoms with van der Waals surface area (Å²) in [6.07, 6.45) is 1.34. The van der Waals surface area contributed by atoms with Gasteiger partial charge in [-0.3, -0.25) is 4.79 Å². The van der Waals surface area contributed by atoms with Crippen molar-refractivity contribution in [1.29, 1.82) is 0 Å². The average molecular weight is 201 g/mol. The SMILES string of the molecule is CCOC(=O)C1(C(C)N)CCOCC1. The molecule has 0 amide bonds. The van der Waals surface area contributed by atoms with Crippen molar-refractivity contribution in [2.24, 2.45) is 11.1 Å². The lowest BCUT2D eigenvalue weighted by molar-refractivity contribution is -0.163. The summed E-state index contributed by atoms with van der Waals surface area (Å²) >= 11 is 0. The van der Waals surface area contributed by atoms with Gasteiger partial charge in [0.2, 0.25) is 0 Å². The lowest BCUT2D eigenvalue weighted by atomic mass is 9.75. The molecule has 0 bridgehead atoms. The highest BCUT2D eigenvalue weighted by molar-refractivity contribution is 5.77. The molecule has 1 rings (SSSR count). The zero-order valence-electron chi connectivity index (χ0n) is 8.91. The highest BCUT2D eigenvalue weighted by Gasteiger charge is 2.44. The average Bonchev–Trinajstić information content (AvgIpc) is 2.19. The molecule has 0 saturated carbocycles. The van der Waals surface area contributed by atoms with E-state index in [-0.39, 0.29) is 12.0 Å². The number of hydrogen-bond acceptors (Lipinski definition) is 4. The van der Waals surface area contributed by atoms with Crippen molar-refractivity contribution in [1.82, 2.24) is 0 Å². The molecule has 0 spiro atoms. The molecule has 2 N–H and O–H groups in total. The molecule has 1 heterocycles. The summed E-state index contributed by atoms with van der Waals surface area (Å²) < 4.78 is 10.3. The van der Waals surface area contributed by atoms with Crippen LogP contribution in [-0.4, -0.2) is 31.8 Å². The van der Waals surface area contributed by atoms with Crippen molar-refractivity contribution >= 4 is 5.97 Å². The summed E-state index contributed by atoms with van der Waals surface area (Å²) in [4.78, 5) is 11.8. The Morgan fingerprint density at radius 1 is 1.57 bits per heavy atom. The van der Waals surface area contributed by atoms with Crippen molar-refractivity contribution in [2.45, 2.75) is 32.7 Å². The number of nitrogens with two attached hydrogens (primary N) is 1. The zero-order valence-corrected chi connectivity index (χ0v) is 8.91. The molecule has 0 aromatic rings. The third-order valence-corrected chi connectivity index (χ3v) is 2.94. The summed E-state index contributed by atoms with van der Waals surface area (Å²) in [7, 11) is 0. The molecular formula is C10H19NO3. The van der Waals surface area contributed by atoms with Gasteiger partial charge in [-0.25, -0.2) is 0 Å². The van der Waals surface area contributed by atoms with E-state index in [1.165, 1.54) is 0 Å². The molecule has 1 aliphatic heterocycles. The first kappa shape index (κ1) is 11.5. The predicted molar refractivity (Wildman–Crippen MR) is 52.8 cm³/mol. The minimum absolute atomic E-state index is 0.168. The largest absolute Gasteiger partial charge is 0.466 e. The van der Waals surface area contributed by atoms with Crippen LogP contribution < -0.4 is 5.73 Å². The maximum Gasteiger partial charge on any atom is 0.313 e.